The van der Waals surface area contributed by atoms with Gasteiger partial charge in [0.05, 0.1) is 13.7 Å². The Morgan fingerprint density at radius 1 is 1.00 bits per heavy atom. The Kier molecular flexibility index (Phi) is 7.69. The molecule has 1 heterocycles. The van der Waals surface area contributed by atoms with Crippen molar-refractivity contribution < 1.29 is 13.9 Å². The highest BCUT2D eigenvalue weighted by Gasteiger charge is 2.16. The second-order valence-corrected chi connectivity index (χ2v) is 7.61. The summed E-state index contributed by atoms with van der Waals surface area (Å²) in [5.74, 6) is 1.80. The summed E-state index contributed by atoms with van der Waals surface area (Å²) in [5, 5.41) is 2.93. The number of benzene rings is 2. The summed E-state index contributed by atoms with van der Waals surface area (Å²) in [5.41, 5.74) is 2.37. The monoisotopic (exact) mass is 406 g/mol. The van der Waals surface area contributed by atoms with Gasteiger partial charge >= 0.3 is 0 Å². The summed E-state index contributed by atoms with van der Waals surface area (Å²) in [6, 6.07) is 22.1. The zero-order valence-corrected chi connectivity index (χ0v) is 17.9. The van der Waals surface area contributed by atoms with Crippen LogP contribution in [0.25, 0.3) is 0 Å². The summed E-state index contributed by atoms with van der Waals surface area (Å²) in [4.78, 5) is 14.7. The number of methoxy groups -OCH3 is 1. The Morgan fingerprint density at radius 3 is 2.50 bits per heavy atom. The van der Waals surface area contributed by atoms with Crippen molar-refractivity contribution in [1.29, 1.82) is 0 Å². The van der Waals surface area contributed by atoms with Gasteiger partial charge in [-0.25, -0.2) is 0 Å². The van der Waals surface area contributed by atoms with Crippen molar-refractivity contribution in [1.82, 2.24) is 10.2 Å². The third-order valence-electron chi connectivity index (χ3n) is 5.04. The van der Waals surface area contributed by atoms with Gasteiger partial charge in [-0.3, -0.25) is 9.69 Å². The van der Waals surface area contributed by atoms with Crippen LogP contribution in [0.15, 0.2) is 71.1 Å². The van der Waals surface area contributed by atoms with Gasteiger partial charge in [-0.2, -0.15) is 0 Å². The number of rotatable bonds is 10. The number of furan rings is 1. The van der Waals surface area contributed by atoms with E-state index in [1.54, 1.807) is 13.2 Å². The van der Waals surface area contributed by atoms with Crippen LogP contribution >= 0.6 is 0 Å². The molecule has 0 saturated heterocycles. The molecule has 158 valence electrons. The van der Waals surface area contributed by atoms with Crippen molar-refractivity contribution in [2.24, 2.45) is 0 Å². The fourth-order valence-electron chi connectivity index (χ4n) is 3.26. The van der Waals surface area contributed by atoms with Gasteiger partial charge in [0.2, 0.25) is 0 Å². The normalized spacial score (nSPS) is 11.1. The molecule has 3 rings (SSSR count). The molecule has 0 bridgehead atoms. The van der Waals surface area contributed by atoms with Crippen LogP contribution in [0.3, 0.4) is 0 Å². The predicted octanol–water partition coefficient (Wildman–Crippen LogP) is 4.67. The number of hydrogen-bond donors (Lipinski definition) is 1. The highest BCUT2D eigenvalue weighted by atomic mass is 16.5. The summed E-state index contributed by atoms with van der Waals surface area (Å²) in [7, 11) is 1.68. The Hall–Kier alpha value is -3.05. The molecule has 0 aliphatic rings. The van der Waals surface area contributed by atoms with Crippen LogP contribution in [0.4, 0.5) is 0 Å². The Morgan fingerprint density at radius 2 is 1.77 bits per heavy atom. The SMILES string of the molecule is COc1cccc(CN(Cc2ccc(C(=O)NCCc3ccccc3)o2)C(C)C)c1. The molecule has 0 fully saturated rings. The number of carbonyl (C=O) groups is 1. The lowest BCUT2D eigenvalue weighted by molar-refractivity contribution is 0.0921. The molecule has 0 saturated carbocycles. The van der Waals surface area contributed by atoms with Crippen molar-refractivity contribution in [3.63, 3.8) is 0 Å². The number of nitrogens with zero attached hydrogens (tertiary/aromatic N) is 1. The summed E-state index contributed by atoms with van der Waals surface area (Å²) >= 11 is 0. The van der Waals surface area contributed by atoms with Crippen molar-refractivity contribution in [2.75, 3.05) is 13.7 Å². The standard InChI is InChI=1S/C25H30N2O3/c1-19(2)27(17-21-10-7-11-22(16-21)29-3)18-23-12-13-24(30-23)25(28)26-15-14-20-8-5-4-6-9-20/h4-13,16,19H,14-15,17-18H2,1-3H3,(H,26,28). The second-order valence-electron chi connectivity index (χ2n) is 7.61. The molecule has 1 amide bonds. The minimum Gasteiger partial charge on any atom is -0.497 e. The van der Waals surface area contributed by atoms with Crippen molar-refractivity contribution in [3.05, 3.63) is 89.4 Å². The van der Waals surface area contributed by atoms with Crippen LogP contribution in [-0.4, -0.2) is 30.5 Å². The van der Waals surface area contributed by atoms with Gasteiger partial charge in [0.1, 0.15) is 11.5 Å². The second kappa shape index (κ2) is 10.6. The van der Waals surface area contributed by atoms with Gasteiger partial charge < -0.3 is 14.5 Å². The molecule has 5 heteroatoms. The molecule has 0 aliphatic heterocycles. The molecule has 2 aromatic carbocycles. The van der Waals surface area contributed by atoms with Crippen molar-refractivity contribution >= 4 is 5.91 Å². The van der Waals surface area contributed by atoms with Gasteiger partial charge in [0.25, 0.3) is 5.91 Å². The first-order valence-corrected chi connectivity index (χ1v) is 10.3. The molecule has 0 spiro atoms. The number of amides is 1. The maximum Gasteiger partial charge on any atom is 0.287 e. The van der Waals surface area contributed by atoms with E-state index in [2.05, 4.69) is 42.3 Å². The van der Waals surface area contributed by atoms with Crippen molar-refractivity contribution in [2.45, 2.75) is 39.4 Å². The topological polar surface area (TPSA) is 54.7 Å². The Labute approximate surface area is 178 Å². The minimum absolute atomic E-state index is 0.180. The highest BCUT2D eigenvalue weighted by molar-refractivity contribution is 5.91. The number of hydrogen-bond acceptors (Lipinski definition) is 4. The average molecular weight is 407 g/mol. The third-order valence-corrected chi connectivity index (χ3v) is 5.04. The molecule has 0 aliphatic carbocycles. The maximum atomic E-state index is 12.4. The Bertz CT molecular complexity index is 934. The smallest absolute Gasteiger partial charge is 0.287 e. The Balaban J connectivity index is 1.56. The average Bonchev–Trinajstić information content (AvgIpc) is 3.23. The van der Waals surface area contributed by atoms with Crippen LogP contribution < -0.4 is 10.1 Å². The van der Waals surface area contributed by atoms with Gasteiger partial charge in [0.15, 0.2) is 5.76 Å². The lowest BCUT2D eigenvalue weighted by atomic mass is 10.1. The van der Waals surface area contributed by atoms with Crippen molar-refractivity contribution in [3.8, 4) is 5.75 Å². The molecule has 1 N–H and O–H groups in total. The van der Waals surface area contributed by atoms with Gasteiger partial charge in [-0.15, -0.1) is 0 Å². The van der Waals surface area contributed by atoms with E-state index >= 15 is 0 Å². The van der Waals surface area contributed by atoms with Crippen LogP contribution in [0.1, 0.15) is 41.3 Å². The maximum absolute atomic E-state index is 12.4. The number of carbonyl (C=O) groups excluding carboxylic acids is 1. The van der Waals surface area contributed by atoms with Gasteiger partial charge in [-0.05, 0) is 55.7 Å². The number of ether oxygens (including phenoxy) is 1. The minimum atomic E-state index is -0.180. The lowest BCUT2D eigenvalue weighted by Crippen LogP contribution is -2.29. The van der Waals surface area contributed by atoms with Crippen LogP contribution in [0, 0.1) is 0 Å². The fraction of sp³-hybridized carbons (Fsp3) is 0.320. The molecule has 1 aromatic heterocycles. The lowest BCUT2D eigenvalue weighted by Gasteiger charge is -2.25. The van der Waals surface area contributed by atoms with E-state index in [0.29, 0.717) is 24.9 Å². The van der Waals surface area contributed by atoms with Crippen LogP contribution in [-0.2, 0) is 19.5 Å². The zero-order chi connectivity index (χ0) is 21.3. The van der Waals surface area contributed by atoms with E-state index in [4.69, 9.17) is 9.15 Å². The van der Waals surface area contributed by atoms with E-state index in [1.165, 1.54) is 11.1 Å². The van der Waals surface area contributed by atoms with Crippen LogP contribution in [0.2, 0.25) is 0 Å². The zero-order valence-electron chi connectivity index (χ0n) is 17.9. The number of nitrogens with one attached hydrogen (secondary N) is 1. The molecule has 3 aromatic rings. The van der Waals surface area contributed by atoms with Gasteiger partial charge in [-0.1, -0.05) is 42.5 Å². The first-order valence-electron chi connectivity index (χ1n) is 10.3. The highest BCUT2D eigenvalue weighted by Crippen LogP contribution is 2.18. The van der Waals surface area contributed by atoms with E-state index in [1.807, 2.05) is 42.5 Å². The van der Waals surface area contributed by atoms with Crippen LogP contribution in [0.5, 0.6) is 5.75 Å². The van der Waals surface area contributed by atoms with E-state index in [-0.39, 0.29) is 5.91 Å². The summed E-state index contributed by atoms with van der Waals surface area (Å²) in [6.07, 6.45) is 0.793. The van der Waals surface area contributed by atoms with E-state index in [0.717, 1.165) is 24.5 Å². The van der Waals surface area contributed by atoms with E-state index < -0.39 is 0 Å². The summed E-state index contributed by atoms with van der Waals surface area (Å²) < 4.78 is 11.2. The predicted molar refractivity (Wildman–Crippen MR) is 119 cm³/mol. The first kappa shape index (κ1) is 21.7. The molecule has 0 atom stereocenters. The largest absolute Gasteiger partial charge is 0.497 e. The molecule has 0 radical (unpaired) electrons. The van der Waals surface area contributed by atoms with Gasteiger partial charge in [0, 0.05) is 19.1 Å². The molecule has 30 heavy (non-hydrogen) atoms. The third kappa shape index (κ3) is 6.22. The van der Waals surface area contributed by atoms with E-state index in [9.17, 15) is 4.79 Å². The molecular weight excluding hydrogens is 376 g/mol. The molecule has 0 unspecified atom stereocenters. The molecular formula is C25H30N2O3. The molecule has 5 nitrogen and oxygen atoms in total. The quantitative estimate of drug-likeness (QED) is 0.532. The summed E-state index contributed by atoms with van der Waals surface area (Å²) in [6.45, 7) is 6.29. The fourth-order valence-corrected chi connectivity index (χ4v) is 3.26. The first-order chi connectivity index (χ1) is 14.5.